The summed E-state index contributed by atoms with van der Waals surface area (Å²) in [6, 6.07) is 5.77. The van der Waals surface area contributed by atoms with Crippen molar-refractivity contribution in [3.05, 3.63) is 43.0 Å². The van der Waals surface area contributed by atoms with Crippen LogP contribution in [-0.4, -0.2) is 26.4 Å². The normalized spacial score (nSPS) is 10.6. The van der Waals surface area contributed by atoms with Crippen molar-refractivity contribution in [1.29, 1.82) is 0 Å². The highest BCUT2D eigenvalue weighted by Crippen LogP contribution is 2.13. The minimum atomic E-state index is -3.44. The number of hydrogen-bond donors (Lipinski definition) is 0. The highest BCUT2D eigenvalue weighted by Gasteiger charge is 2.13. The maximum atomic E-state index is 11.2. The predicted octanol–water partition coefficient (Wildman–Crippen LogP) is 0.853. The molecule has 0 bridgehead atoms. The second-order valence-corrected chi connectivity index (χ2v) is 5.75. The van der Waals surface area contributed by atoms with Crippen molar-refractivity contribution in [2.24, 2.45) is 0 Å². The SMILES string of the molecule is CC.COS(=O)(=O)CC[n+]1ccc(-c2cc[nH+]cc2)cn1. The van der Waals surface area contributed by atoms with E-state index in [0.29, 0.717) is 0 Å². The molecule has 2 aromatic rings. The van der Waals surface area contributed by atoms with Gasteiger partial charge in [-0.25, -0.2) is 4.98 Å². The molecule has 21 heavy (non-hydrogen) atoms. The second-order valence-electron chi connectivity index (χ2n) is 3.90. The fraction of sp³-hybridized carbons (Fsp3) is 0.357. The monoisotopic (exact) mass is 311 g/mol. The number of nitrogens with zero attached hydrogens (tertiary/aromatic N) is 2. The topological polar surface area (TPSA) is 74.3 Å². The minimum Gasteiger partial charge on any atom is -0.273 e. The van der Waals surface area contributed by atoms with Gasteiger partial charge in [-0.1, -0.05) is 18.5 Å². The molecular formula is C14H21N3O3S+2. The Morgan fingerprint density at radius 2 is 1.86 bits per heavy atom. The van der Waals surface area contributed by atoms with Crippen LogP contribution in [0.2, 0.25) is 0 Å². The van der Waals surface area contributed by atoms with E-state index in [4.69, 9.17) is 0 Å². The van der Waals surface area contributed by atoms with Crippen LogP contribution in [-0.2, 0) is 20.8 Å². The first-order valence-corrected chi connectivity index (χ1v) is 8.29. The molecule has 0 aliphatic carbocycles. The third-order valence-electron chi connectivity index (χ3n) is 2.65. The standard InChI is InChI=1S/C12H14N3O3S.C2H6/c1-18-19(16,17)9-8-15-7-4-12(10-14-15)11-2-5-13-6-3-11;1-2/h2-7,10H,8-9H2,1H3;1-2H3/q+1;/p+1. The molecule has 0 amide bonds. The maximum Gasteiger partial charge on any atom is 0.273 e. The Hall–Kier alpha value is -1.86. The molecule has 1 N–H and O–H groups in total. The van der Waals surface area contributed by atoms with Gasteiger partial charge in [-0.15, -0.1) is 0 Å². The Labute approximate surface area is 125 Å². The number of pyridine rings is 1. The van der Waals surface area contributed by atoms with Crippen LogP contribution in [0.5, 0.6) is 0 Å². The molecule has 114 valence electrons. The third-order valence-corrected chi connectivity index (χ3v) is 3.84. The van der Waals surface area contributed by atoms with Crippen LogP contribution in [0, 0.1) is 0 Å². The molecule has 0 fully saturated rings. The van der Waals surface area contributed by atoms with Gasteiger partial charge < -0.3 is 0 Å². The first-order valence-electron chi connectivity index (χ1n) is 6.71. The van der Waals surface area contributed by atoms with E-state index < -0.39 is 10.1 Å². The second kappa shape index (κ2) is 8.43. The van der Waals surface area contributed by atoms with Gasteiger partial charge in [-0.3, -0.25) is 4.18 Å². The van der Waals surface area contributed by atoms with Gasteiger partial charge in [0.25, 0.3) is 10.1 Å². The van der Waals surface area contributed by atoms with Crippen LogP contribution < -0.4 is 9.67 Å². The molecule has 2 rings (SSSR count). The van der Waals surface area contributed by atoms with Crippen LogP contribution in [0.3, 0.4) is 0 Å². The number of aromatic amines is 1. The first kappa shape index (κ1) is 17.2. The largest absolute Gasteiger partial charge is 0.273 e. The van der Waals surface area contributed by atoms with Gasteiger partial charge in [0.15, 0.2) is 25.1 Å². The molecule has 0 aliphatic rings. The van der Waals surface area contributed by atoms with E-state index in [9.17, 15) is 8.42 Å². The van der Waals surface area contributed by atoms with Crippen molar-refractivity contribution in [2.75, 3.05) is 12.9 Å². The molecule has 0 unspecified atom stereocenters. The number of aromatic nitrogens is 3. The van der Waals surface area contributed by atoms with E-state index in [1.54, 1.807) is 17.1 Å². The molecule has 0 aromatic carbocycles. The first-order chi connectivity index (χ1) is 10.1. The summed E-state index contributed by atoms with van der Waals surface area (Å²) >= 11 is 0. The molecule has 0 radical (unpaired) electrons. The molecule has 7 heteroatoms. The average Bonchev–Trinajstić information content (AvgIpc) is 2.56. The fourth-order valence-corrected chi connectivity index (χ4v) is 2.13. The van der Waals surface area contributed by atoms with Gasteiger partial charge in [0, 0.05) is 23.8 Å². The number of aryl methyl sites for hydroxylation is 1. The van der Waals surface area contributed by atoms with Crippen molar-refractivity contribution < 1.29 is 22.3 Å². The summed E-state index contributed by atoms with van der Waals surface area (Å²) in [5, 5.41) is 4.18. The summed E-state index contributed by atoms with van der Waals surface area (Å²) in [4.78, 5) is 2.95. The summed E-state index contributed by atoms with van der Waals surface area (Å²) in [6.07, 6.45) is 7.12. The zero-order valence-corrected chi connectivity index (χ0v) is 13.3. The third kappa shape index (κ3) is 5.57. The Balaban J connectivity index is 0.00000106. The fourth-order valence-electron chi connectivity index (χ4n) is 1.56. The van der Waals surface area contributed by atoms with Crippen molar-refractivity contribution >= 4 is 10.1 Å². The van der Waals surface area contributed by atoms with E-state index in [-0.39, 0.29) is 12.3 Å². The molecular weight excluding hydrogens is 290 g/mol. The van der Waals surface area contributed by atoms with Gasteiger partial charge in [-0.2, -0.15) is 8.42 Å². The molecule has 0 atom stereocenters. The summed E-state index contributed by atoms with van der Waals surface area (Å²) in [5.74, 6) is -0.0964. The number of hydrogen-bond acceptors (Lipinski definition) is 4. The molecule has 2 heterocycles. The predicted molar refractivity (Wildman–Crippen MR) is 78.6 cm³/mol. The molecule has 2 aromatic heterocycles. The van der Waals surface area contributed by atoms with Gasteiger partial charge in [0.1, 0.15) is 11.9 Å². The number of rotatable bonds is 5. The highest BCUT2D eigenvalue weighted by molar-refractivity contribution is 7.86. The Kier molecular flexibility index (Phi) is 6.90. The minimum absolute atomic E-state index is 0.0964. The molecule has 0 saturated carbocycles. The number of nitrogens with one attached hydrogen (secondary N) is 1. The van der Waals surface area contributed by atoms with E-state index in [0.717, 1.165) is 18.2 Å². The van der Waals surface area contributed by atoms with Gasteiger partial charge in [-0.05, 0) is 10.7 Å². The zero-order chi connectivity index (χ0) is 15.7. The van der Waals surface area contributed by atoms with Crippen LogP contribution in [0.1, 0.15) is 13.8 Å². The van der Waals surface area contributed by atoms with Crippen molar-refractivity contribution in [2.45, 2.75) is 20.4 Å². The van der Waals surface area contributed by atoms with E-state index in [2.05, 4.69) is 14.3 Å². The van der Waals surface area contributed by atoms with Crippen LogP contribution in [0.15, 0.2) is 43.0 Å². The van der Waals surface area contributed by atoms with Gasteiger partial charge in [0.2, 0.25) is 0 Å². The van der Waals surface area contributed by atoms with Crippen LogP contribution >= 0.6 is 0 Å². The zero-order valence-electron chi connectivity index (χ0n) is 12.5. The van der Waals surface area contributed by atoms with E-state index >= 15 is 0 Å². The van der Waals surface area contributed by atoms with Crippen LogP contribution in [0.25, 0.3) is 11.1 Å². The lowest BCUT2D eigenvalue weighted by molar-refractivity contribution is -0.750. The Bertz CT molecular complexity index is 628. The van der Waals surface area contributed by atoms with Crippen molar-refractivity contribution in [1.82, 2.24) is 5.10 Å². The van der Waals surface area contributed by atoms with E-state index in [1.165, 1.54) is 0 Å². The van der Waals surface area contributed by atoms with Crippen LogP contribution in [0.4, 0.5) is 0 Å². The van der Waals surface area contributed by atoms with Gasteiger partial charge in [0.05, 0.1) is 7.11 Å². The summed E-state index contributed by atoms with van der Waals surface area (Å²) in [7, 11) is -2.29. The smallest absolute Gasteiger partial charge is 0.273 e. The molecule has 0 saturated heterocycles. The highest BCUT2D eigenvalue weighted by atomic mass is 32.2. The van der Waals surface area contributed by atoms with Gasteiger partial charge >= 0.3 is 0 Å². The average molecular weight is 311 g/mol. The summed E-state index contributed by atoms with van der Waals surface area (Å²) in [5.41, 5.74) is 2.02. The Morgan fingerprint density at radius 3 is 2.38 bits per heavy atom. The lowest BCUT2D eigenvalue weighted by Crippen LogP contribution is -2.40. The van der Waals surface area contributed by atoms with Crippen molar-refractivity contribution in [3.8, 4) is 11.1 Å². The van der Waals surface area contributed by atoms with E-state index in [1.807, 2.05) is 44.4 Å². The quantitative estimate of drug-likeness (QED) is 0.606. The number of H-pyrrole nitrogens is 1. The lowest BCUT2D eigenvalue weighted by atomic mass is 10.1. The van der Waals surface area contributed by atoms with Crippen molar-refractivity contribution in [3.63, 3.8) is 0 Å². The molecule has 0 aliphatic heterocycles. The lowest BCUT2D eigenvalue weighted by Gasteiger charge is -1.99. The summed E-state index contributed by atoms with van der Waals surface area (Å²) in [6.45, 7) is 4.26. The Morgan fingerprint density at radius 1 is 1.19 bits per heavy atom. The maximum absolute atomic E-state index is 11.2. The molecule has 0 spiro atoms. The summed E-state index contributed by atoms with van der Waals surface area (Å²) < 4.78 is 28.3. The molecule has 6 nitrogen and oxygen atoms in total.